The van der Waals surface area contributed by atoms with E-state index in [2.05, 4.69) is 32.6 Å². The van der Waals surface area contributed by atoms with E-state index in [0.29, 0.717) is 45.8 Å². The van der Waals surface area contributed by atoms with E-state index in [1.165, 1.54) is 5.56 Å². The van der Waals surface area contributed by atoms with Gasteiger partial charge in [-0.2, -0.15) is 0 Å². The molecule has 1 unspecified atom stereocenters. The molecule has 5 aromatic heterocycles. The Hall–Kier alpha value is -3.74. The Kier molecular flexibility index (Phi) is 7.18. The van der Waals surface area contributed by atoms with E-state index in [9.17, 15) is 8.42 Å². The molecular formula is C33H34N6O4S2. The molecule has 1 fully saturated rings. The Morgan fingerprint density at radius 2 is 1.93 bits per heavy atom. The first kappa shape index (κ1) is 28.7. The van der Waals surface area contributed by atoms with Crippen LogP contribution in [0.2, 0.25) is 0 Å². The molecule has 2 aliphatic heterocycles. The molecule has 232 valence electrons. The molecule has 0 radical (unpaired) electrons. The highest BCUT2D eigenvalue weighted by Crippen LogP contribution is 2.50. The number of nitrogens with zero attached hydrogens (tertiary/aromatic N) is 5. The summed E-state index contributed by atoms with van der Waals surface area (Å²) in [5.74, 6) is 1.84. The first-order chi connectivity index (χ1) is 21.9. The van der Waals surface area contributed by atoms with Crippen molar-refractivity contribution in [3.05, 3.63) is 65.2 Å². The predicted octanol–water partition coefficient (Wildman–Crippen LogP) is 6.46. The molecule has 0 spiro atoms. The normalized spacial score (nSPS) is 20.8. The smallest absolute Gasteiger partial charge is 0.250 e. The lowest BCUT2D eigenvalue weighted by atomic mass is 9.91. The van der Waals surface area contributed by atoms with Gasteiger partial charge in [0.1, 0.15) is 5.82 Å². The molecule has 0 amide bonds. The lowest BCUT2D eigenvalue weighted by Gasteiger charge is -2.22. The number of pyridine rings is 3. The van der Waals surface area contributed by atoms with Crippen LogP contribution in [0.4, 0.5) is 5.82 Å². The molecule has 1 saturated heterocycles. The summed E-state index contributed by atoms with van der Waals surface area (Å²) in [6.45, 7) is 5.24. The largest absolute Gasteiger partial charge is 0.421 e. The topological polar surface area (TPSA) is 133 Å². The van der Waals surface area contributed by atoms with E-state index in [1.54, 1.807) is 24.5 Å². The fourth-order valence-corrected chi connectivity index (χ4v) is 10.4. The van der Waals surface area contributed by atoms with Crippen LogP contribution in [0.3, 0.4) is 0 Å². The highest BCUT2D eigenvalue weighted by atomic mass is 32.2. The predicted molar refractivity (Wildman–Crippen MR) is 172 cm³/mol. The Morgan fingerprint density at radius 1 is 1.07 bits per heavy atom. The van der Waals surface area contributed by atoms with Crippen LogP contribution in [-0.4, -0.2) is 52.5 Å². The number of nitrogens with one attached hydrogen (secondary N) is 1. The van der Waals surface area contributed by atoms with Crippen molar-refractivity contribution in [3.63, 3.8) is 0 Å². The maximum absolute atomic E-state index is 13.8. The Balaban J connectivity index is 1.29. The van der Waals surface area contributed by atoms with Gasteiger partial charge in [-0.05, 0) is 73.6 Å². The third-order valence-corrected chi connectivity index (χ3v) is 12.5. The van der Waals surface area contributed by atoms with E-state index in [-0.39, 0.29) is 17.7 Å². The summed E-state index contributed by atoms with van der Waals surface area (Å²) in [6, 6.07) is 8.26. The molecule has 0 saturated carbocycles. The summed E-state index contributed by atoms with van der Waals surface area (Å²) in [6.07, 6.45) is 9.14. The molecule has 2 atom stereocenters. The van der Waals surface area contributed by atoms with Crippen LogP contribution in [0, 0.1) is 12.8 Å². The molecule has 7 heterocycles. The fraction of sp³-hybridized carbons (Fsp3) is 0.424. The number of fused-ring (bicyclic) bond motifs is 3. The molecule has 0 aromatic carbocycles. The average Bonchev–Trinajstić information content (AvgIpc) is 3.81. The van der Waals surface area contributed by atoms with Crippen LogP contribution < -0.4 is 5.32 Å². The summed E-state index contributed by atoms with van der Waals surface area (Å²) in [5, 5.41) is 13.2. The molecule has 1 aliphatic carbocycles. The first-order valence-corrected chi connectivity index (χ1v) is 18.1. The van der Waals surface area contributed by atoms with Gasteiger partial charge in [-0.15, -0.1) is 21.5 Å². The summed E-state index contributed by atoms with van der Waals surface area (Å²) in [5.41, 5.74) is 5.01. The molecule has 3 aliphatic rings. The zero-order chi connectivity index (χ0) is 30.7. The monoisotopic (exact) mass is 642 g/mol. The standard InChI is InChI=1S/C33H34N6O4S2/c1-18-17-45(40,41)31-28(27(33-39-38-19(2)43-33)25(36-29(18)31)6-5-20-10-14-42-15-11-20)26-16-21-9-13-35-32(30(21)44-26)37-24-8-7-23-22(24)4-3-12-34-23/h3-4,9,12-13,16,18,20,24H,5-8,10-11,14-15,17H2,1-2H3,(H,35,37)/t18-,24?/m1/s1. The van der Waals surface area contributed by atoms with Gasteiger partial charge < -0.3 is 14.5 Å². The van der Waals surface area contributed by atoms with Gasteiger partial charge in [0.05, 0.1) is 38.3 Å². The van der Waals surface area contributed by atoms with Crippen LogP contribution in [-0.2, 0) is 27.4 Å². The highest BCUT2D eigenvalue weighted by Gasteiger charge is 2.40. The number of hydrogen-bond acceptors (Lipinski definition) is 11. The molecule has 5 aromatic rings. The zero-order valence-electron chi connectivity index (χ0n) is 25.2. The summed E-state index contributed by atoms with van der Waals surface area (Å²) < 4.78 is 40.3. The highest BCUT2D eigenvalue weighted by molar-refractivity contribution is 7.92. The maximum atomic E-state index is 13.8. The lowest BCUT2D eigenvalue weighted by Crippen LogP contribution is -2.17. The first-order valence-electron chi connectivity index (χ1n) is 15.6. The number of thiophene rings is 1. The van der Waals surface area contributed by atoms with Gasteiger partial charge in [-0.25, -0.2) is 13.4 Å². The van der Waals surface area contributed by atoms with E-state index in [4.69, 9.17) is 19.1 Å². The van der Waals surface area contributed by atoms with E-state index >= 15 is 0 Å². The second-order valence-electron chi connectivity index (χ2n) is 12.4. The van der Waals surface area contributed by atoms with Crippen LogP contribution >= 0.6 is 11.3 Å². The number of anilines is 1. The van der Waals surface area contributed by atoms with Crippen molar-refractivity contribution in [2.24, 2.45) is 5.92 Å². The molecule has 1 N–H and O–H groups in total. The zero-order valence-corrected chi connectivity index (χ0v) is 26.9. The quantitative estimate of drug-likeness (QED) is 0.211. The van der Waals surface area contributed by atoms with Crippen LogP contribution in [0.5, 0.6) is 0 Å². The molecular weight excluding hydrogens is 609 g/mol. The number of aromatic nitrogens is 5. The van der Waals surface area contributed by atoms with Crippen molar-refractivity contribution in [2.45, 2.75) is 69.2 Å². The minimum Gasteiger partial charge on any atom is -0.421 e. The number of sulfone groups is 1. The van der Waals surface area contributed by atoms with E-state index < -0.39 is 9.84 Å². The Morgan fingerprint density at radius 3 is 2.76 bits per heavy atom. The fourth-order valence-electron chi connectivity index (χ4n) is 7.12. The molecule has 45 heavy (non-hydrogen) atoms. The van der Waals surface area contributed by atoms with Crippen molar-refractivity contribution in [2.75, 3.05) is 24.3 Å². The van der Waals surface area contributed by atoms with E-state index in [0.717, 1.165) is 77.5 Å². The molecule has 0 bridgehead atoms. The van der Waals surface area contributed by atoms with Gasteiger partial charge in [0.2, 0.25) is 11.8 Å². The lowest BCUT2D eigenvalue weighted by molar-refractivity contribution is 0.0639. The number of ether oxygens (including phenoxy) is 1. The Labute approximate surface area is 265 Å². The Bertz CT molecular complexity index is 2030. The minimum atomic E-state index is -3.61. The van der Waals surface area contributed by atoms with Crippen LogP contribution in [0.1, 0.15) is 73.1 Å². The molecule has 8 rings (SSSR count). The third kappa shape index (κ3) is 5.12. The summed E-state index contributed by atoms with van der Waals surface area (Å²) in [7, 11) is -3.61. The van der Waals surface area contributed by atoms with Crippen LogP contribution in [0.25, 0.3) is 32.0 Å². The van der Waals surface area contributed by atoms with E-state index in [1.807, 2.05) is 25.3 Å². The van der Waals surface area contributed by atoms with Crippen molar-refractivity contribution in [1.29, 1.82) is 0 Å². The molecule has 10 nitrogen and oxygen atoms in total. The van der Waals surface area contributed by atoms with Crippen molar-refractivity contribution in [1.82, 2.24) is 25.1 Å². The average molecular weight is 643 g/mol. The SMILES string of the molecule is Cc1nnc(-c2c(CCC3CCOCC3)nc3c(c2-c2cc4ccnc(NC5CCc6ncccc65)c4s2)S(=O)(=O)C[C@H]3C)o1. The third-order valence-electron chi connectivity index (χ3n) is 9.33. The maximum Gasteiger partial charge on any atom is 0.250 e. The second-order valence-corrected chi connectivity index (χ2v) is 15.4. The van der Waals surface area contributed by atoms with Gasteiger partial charge >= 0.3 is 0 Å². The van der Waals surface area contributed by atoms with Crippen molar-refractivity contribution < 1.29 is 17.6 Å². The summed E-state index contributed by atoms with van der Waals surface area (Å²) in [4.78, 5) is 15.5. The number of hydrogen-bond donors (Lipinski definition) is 1. The van der Waals surface area contributed by atoms with Crippen molar-refractivity contribution >= 4 is 37.1 Å². The molecule has 12 heteroatoms. The minimum absolute atomic E-state index is 0.0302. The van der Waals surface area contributed by atoms with Gasteiger partial charge in [0.25, 0.3) is 0 Å². The van der Waals surface area contributed by atoms with Gasteiger partial charge in [-0.3, -0.25) is 9.97 Å². The second kappa shape index (κ2) is 11.3. The number of aryl methyl sites for hydroxylation is 3. The number of rotatable bonds is 7. The van der Waals surface area contributed by atoms with Gasteiger partial charge in [0, 0.05) is 54.6 Å². The van der Waals surface area contributed by atoms with Crippen molar-refractivity contribution in [3.8, 4) is 21.9 Å². The van der Waals surface area contributed by atoms with Gasteiger partial charge in [-0.1, -0.05) is 13.0 Å². The van der Waals surface area contributed by atoms with Crippen LogP contribution in [0.15, 0.2) is 46.0 Å². The van der Waals surface area contributed by atoms with Gasteiger partial charge in [0.15, 0.2) is 9.84 Å². The summed E-state index contributed by atoms with van der Waals surface area (Å²) >= 11 is 1.54.